The van der Waals surface area contributed by atoms with Crippen LogP contribution in [-0.2, 0) is 4.79 Å². The molecule has 0 atom stereocenters. The molecule has 1 heterocycles. The summed E-state index contributed by atoms with van der Waals surface area (Å²) in [6, 6.07) is 5.47. The van der Waals surface area contributed by atoms with Gasteiger partial charge >= 0.3 is 0 Å². The Morgan fingerprint density at radius 3 is 2.56 bits per heavy atom. The number of allylic oxidation sites excluding steroid dienone is 1. The molecule has 92 valence electrons. The molecule has 0 unspecified atom stereocenters. The normalized spacial score (nSPS) is 17.1. The fourth-order valence-corrected chi connectivity index (χ4v) is 2.36. The zero-order valence-corrected chi connectivity index (χ0v) is 10.8. The third-order valence-electron chi connectivity index (χ3n) is 2.55. The maximum atomic E-state index is 12.0. The molecule has 4 nitrogen and oxygen atoms in total. The predicted octanol–water partition coefficient (Wildman–Crippen LogP) is 2.35. The Kier molecular flexibility index (Phi) is 3.34. The van der Waals surface area contributed by atoms with Crippen LogP contribution in [0.4, 0.5) is 4.79 Å². The first kappa shape index (κ1) is 12.6. The van der Waals surface area contributed by atoms with Crippen molar-refractivity contribution in [3.05, 3.63) is 45.9 Å². The molecular formula is C13H11NO3S. The molecule has 1 N–H and O–H groups in total. The lowest BCUT2D eigenvalue weighted by molar-refractivity contribution is -0.115. The second-order valence-corrected chi connectivity index (χ2v) is 5.05. The largest absolute Gasteiger partial charge is 0.290 e. The highest BCUT2D eigenvalue weighted by atomic mass is 32.2. The first-order valence-corrected chi connectivity index (χ1v) is 6.15. The van der Waals surface area contributed by atoms with E-state index in [1.165, 1.54) is 6.08 Å². The average Bonchev–Trinajstić information content (AvgIpc) is 2.57. The molecule has 0 bridgehead atoms. The molecule has 2 amide bonds. The predicted molar refractivity (Wildman–Crippen MR) is 69.5 cm³/mol. The number of nitrogens with one attached hydrogen (secondary N) is 1. The third kappa shape index (κ3) is 2.51. The Hall–Kier alpha value is -1.88. The molecule has 0 aliphatic carbocycles. The molecule has 1 fully saturated rings. The van der Waals surface area contributed by atoms with Gasteiger partial charge in [0, 0.05) is 11.6 Å². The first-order valence-electron chi connectivity index (χ1n) is 5.34. The molecule has 0 radical (unpaired) electrons. The summed E-state index contributed by atoms with van der Waals surface area (Å²) in [5, 5.41) is 1.67. The molecule has 5 heteroatoms. The topological polar surface area (TPSA) is 63.2 Å². The van der Waals surface area contributed by atoms with Gasteiger partial charge in [-0.3, -0.25) is 19.7 Å². The summed E-state index contributed by atoms with van der Waals surface area (Å²) in [6.45, 7) is 3.78. The number of hydrogen-bond acceptors (Lipinski definition) is 4. The standard InChI is InChI=1S/C13H11NO3S/c1-7-3-4-9(8(2)5-7)10(15)6-11-12(16)14-13(17)18-11/h3-6H,1-2H3,(H,14,16,17). The Balaban J connectivity index is 2.30. The Morgan fingerprint density at radius 1 is 1.28 bits per heavy atom. The monoisotopic (exact) mass is 261 g/mol. The smallest absolute Gasteiger partial charge is 0.289 e. The van der Waals surface area contributed by atoms with E-state index in [9.17, 15) is 14.4 Å². The van der Waals surface area contributed by atoms with E-state index in [0.717, 1.165) is 22.9 Å². The minimum absolute atomic E-state index is 0.143. The van der Waals surface area contributed by atoms with E-state index in [2.05, 4.69) is 5.32 Å². The molecule has 0 saturated carbocycles. The molecule has 2 rings (SSSR count). The highest BCUT2D eigenvalue weighted by molar-refractivity contribution is 8.18. The third-order valence-corrected chi connectivity index (χ3v) is 3.36. The molecule has 1 aliphatic heterocycles. The molecular weight excluding hydrogens is 250 g/mol. The Labute approximate surface area is 108 Å². The SMILES string of the molecule is Cc1ccc(C(=O)C=C2SC(=O)NC2=O)c(C)c1. The van der Waals surface area contributed by atoms with E-state index in [1.807, 2.05) is 26.0 Å². The number of carbonyl (C=O) groups is 3. The van der Waals surface area contributed by atoms with Gasteiger partial charge in [-0.05, 0) is 31.2 Å². The lowest BCUT2D eigenvalue weighted by atomic mass is 10.0. The molecule has 18 heavy (non-hydrogen) atoms. The lowest BCUT2D eigenvalue weighted by Crippen LogP contribution is -2.18. The van der Waals surface area contributed by atoms with Crippen LogP contribution in [0.5, 0.6) is 0 Å². The minimum atomic E-state index is -0.511. The summed E-state index contributed by atoms with van der Waals surface area (Å²) in [5.74, 6) is -0.775. The van der Waals surface area contributed by atoms with Crippen LogP contribution < -0.4 is 5.32 Å². The highest BCUT2D eigenvalue weighted by Crippen LogP contribution is 2.24. The first-order chi connectivity index (χ1) is 8.47. The van der Waals surface area contributed by atoms with Crippen LogP contribution in [-0.4, -0.2) is 16.9 Å². The maximum absolute atomic E-state index is 12.0. The summed E-state index contributed by atoms with van der Waals surface area (Å²) in [6.07, 6.45) is 1.21. The number of benzene rings is 1. The number of ketones is 1. The van der Waals surface area contributed by atoms with Gasteiger partial charge in [0.05, 0.1) is 4.91 Å². The molecule has 1 aromatic carbocycles. The van der Waals surface area contributed by atoms with Gasteiger partial charge in [-0.2, -0.15) is 0 Å². The van der Waals surface area contributed by atoms with Gasteiger partial charge in [0.25, 0.3) is 11.1 Å². The van der Waals surface area contributed by atoms with E-state index < -0.39 is 11.1 Å². The van der Waals surface area contributed by atoms with E-state index in [-0.39, 0.29) is 10.7 Å². The van der Waals surface area contributed by atoms with Crippen LogP contribution in [0.1, 0.15) is 21.5 Å². The van der Waals surface area contributed by atoms with Crippen molar-refractivity contribution in [2.45, 2.75) is 13.8 Å². The second-order valence-electron chi connectivity index (χ2n) is 4.03. The van der Waals surface area contributed by atoms with Crippen molar-refractivity contribution in [3.63, 3.8) is 0 Å². The number of thioether (sulfide) groups is 1. The van der Waals surface area contributed by atoms with Crippen LogP contribution in [0.15, 0.2) is 29.2 Å². The summed E-state index contributed by atoms with van der Waals surface area (Å²) in [5.41, 5.74) is 2.47. The van der Waals surface area contributed by atoms with E-state index in [4.69, 9.17) is 0 Å². The second kappa shape index (κ2) is 4.78. The van der Waals surface area contributed by atoms with Crippen molar-refractivity contribution >= 4 is 28.7 Å². The van der Waals surface area contributed by atoms with Crippen LogP contribution >= 0.6 is 11.8 Å². The van der Waals surface area contributed by atoms with Gasteiger partial charge in [0.2, 0.25) is 0 Å². The van der Waals surface area contributed by atoms with E-state index in [1.54, 1.807) is 6.07 Å². The fraction of sp³-hybridized carbons (Fsp3) is 0.154. The number of hydrogen-bond donors (Lipinski definition) is 1. The van der Waals surface area contributed by atoms with Crippen molar-refractivity contribution in [2.24, 2.45) is 0 Å². The number of rotatable bonds is 2. The Morgan fingerprint density at radius 2 is 2.00 bits per heavy atom. The summed E-state index contributed by atoms with van der Waals surface area (Å²) < 4.78 is 0. The van der Waals surface area contributed by atoms with Crippen molar-refractivity contribution in [1.29, 1.82) is 0 Å². The van der Waals surface area contributed by atoms with Crippen molar-refractivity contribution in [2.75, 3.05) is 0 Å². The van der Waals surface area contributed by atoms with E-state index in [0.29, 0.717) is 5.56 Å². The van der Waals surface area contributed by atoms with Crippen LogP contribution in [0.25, 0.3) is 0 Å². The van der Waals surface area contributed by atoms with Gasteiger partial charge in [0.1, 0.15) is 0 Å². The minimum Gasteiger partial charge on any atom is -0.289 e. The van der Waals surface area contributed by atoms with Gasteiger partial charge in [-0.25, -0.2) is 0 Å². The number of aryl methyl sites for hydroxylation is 2. The zero-order chi connectivity index (χ0) is 13.3. The van der Waals surface area contributed by atoms with Crippen molar-refractivity contribution in [3.8, 4) is 0 Å². The molecule has 0 aromatic heterocycles. The van der Waals surface area contributed by atoms with Crippen molar-refractivity contribution in [1.82, 2.24) is 5.32 Å². The van der Waals surface area contributed by atoms with Crippen LogP contribution in [0, 0.1) is 13.8 Å². The summed E-state index contributed by atoms with van der Waals surface area (Å²) >= 11 is 0.746. The molecule has 0 spiro atoms. The van der Waals surface area contributed by atoms with Crippen LogP contribution in [0.2, 0.25) is 0 Å². The summed E-state index contributed by atoms with van der Waals surface area (Å²) in [4.78, 5) is 34.4. The average molecular weight is 261 g/mol. The van der Waals surface area contributed by atoms with Crippen molar-refractivity contribution < 1.29 is 14.4 Å². The Bertz CT molecular complexity index is 590. The maximum Gasteiger partial charge on any atom is 0.290 e. The molecule has 1 aromatic rings. The highest BCUT2D eigenvalue weighted by Gasteiger charge is 2.26. The van der Waals surface area contributed by atoms with Gasteiger partial charge < -0.3 is 0 Å². The van der Waals surface area contributed by atoms with Gasteiger partial charge in [-0.15, -0.1) is 0 Å². The quantitative estimate of drug-likeness (QED) is 0.655. The van der Waals surface area contributed by atoms with Crippen LogP contribution in [0.3, 0.4) is 0 Å². The van der Waals surface area contributed by atoms with Gasteiger partial charge in [-0.1, -0.05) is 23.8 Å². The zero-order valence-electron chi connectivity index (χ0n) is 9.94. The van der Waals surface area contributed by atoms with Gasteiger partial charge in [0.15, 0.2) is 5.78 Å². The molecule has 1 saturated heterocycles. The number of carbonyl (C=O) groups excluding carboxylic acids is 3. The fourth-order valence-electron chi connectivity index (χ4n) is 1.71. The lowest BCUT2D eigenvalue weighted by Gasteiger charge is -2.03. The number of imide groups is 1. The summed E-state index contributed by atoms with van der Waals surface area (Å²) in [7, 11) is 0. The number of amides is 2. The molecule has 1 aliphatic rings. The van der Waals surface area contributed by atoms with E-state index >= 15 is 0 Å².